The van der Waals surface area contributed by atoms with Crippen molar-refractivity contribution >= 4 is 9.84 Å². The minimum atomic E-state index is -3.20. The molecule has 0 unspecified atom stereocenters. The first-order valence-corrected chi connectivity index (χ1v) is 6.26. The van der Waals surface area contributed by atoms with Crippen LogP contribution in [0.15, 0.2) is 11.0 Å². The third-order valence-corrected chi connectivity index (χ3v) is 2.98. The van der Waals surface area contributed by atoms with E-state index in [9.17, 15) is 8.42 Å². The maximum absolute atomic E-state index is 11.4. The summed E-state index contributed by atoms with van der Waals surface area (Å²) >= 11 is 0. The Kier molecular flexibility index (Phi) is 2.89. The predicted octanol–water partition coefficient (Wildman–Crippen LogP) is 1.31. The Labute approximate surface area is 84.3 Å². The van der Waals surface area contributed by atoms with Crippen LogP contribution in [0.3, 0.4) is 0 Å². The van der Waals surface area contributed by atoms with Gasteiger partial charge in [0.25, 0.3) is 0 Å². The van der Waals surface area contributed by atoms with Crippen LogP contribution in [0.5, 0.6) is 0 Å². The van der Waals surface area contributed by atoms with E-state index in [-0.39, 0.29) is 5.92 Å². The summed E-state index contributed by atoms with van der Waals surface area (Å²) in [5.74, 6) is 0.0628. The number of nitrogens with zero attached hydrogens (tertiary/aromatic N) is 2. The van der Waals surface area contributed by atoms with Crippen LogP contribution in [-0.4, -0.2) is 24.9 Å². The van der Waals surface area contributed by atoms with Crippen molar-refractivity contribution in [1.29, 1.82) is 0 Å². The first-order valence-electron chi connectivity index (χ1n) is 4.36. The molecule has 0 aliphatic rings. The van der Waals surface area contributed by atoms with Gasteiger partial charge >= 0.3 is 0 Å². The van der Waals surface area contributed by atoms with E-state index in [2.05, 4.69) is 10.2 Å². The summed E-state index contributed by atoms with van der Waals surface area (Å²) in [4.78, 5) is 0.292. The van der Waals surface area contributed by atoms with Gasteiger partial charge in [-0.05, 0) is 18.9 Å². The van der Waals surface area contributed by atoms with E-state index in [1.54, 1.807) is 13.0 Å². The van der Waals surface area contributed by atoms with Gasteiger partial charge in [-0.25, -0.2) is 8.42 Å². The first-order chi connectivity index (χ1) is 6.32. The summed E-state index contributed by atoms with van der Waals surface area (Å²) in [5.41, 5.74) is 1.16. The van der Waals surface area contributed by atoms with Gasteiger partial charge in [0, 0.05) is 6.26 Å². The minimum absolute atomic E-state index is 0.0628. The summed E-state index contributed by atoms with van der Waals surface area (Å²) in [7, 11) is -3.20. The Bertz CT molecular complexity index is 438. The molecule has 0 atom stereocenters. The van der Waals surface area contributed by atoms with Gasteiger partial charge in [-0.15, -0.1) is 0 Å². The maximum atomic E-state index is 11.4. The Morgan fingerprint density at radius 3 is 2.29 bits per heavy atom. The van der Waals surface area contributed by atoms with Gasteiger partial charge in [0.2, 0.25) is 0 Å². The van der Waals surface area contributed by atoms with Crippen LogP contribution < -0.4 is 0 Å². The molecule has 0 saturated heterocycles. The minimum Gasteiger partial charge on any atom is -0.224 e. The van der Waals surface area contributed by atoms with Crippen molar-refractivity contribution in [2.45, 2.75) is 31.6 Å². The van der Waals surface area contributed by atoms with Gasteiger partial charge in [-0.1, -0.05) is 13.8 Å². The van der Waals surface area contributed by atoms with Gasteiger partial charge < -0.3 is 0 Å². The molecule has 0 N–H and O–H groups in total. The number of rotatable bonds is 2. The molecule has 0 aliphatic heterocycles. The van der Waals surface area contributed by atoms with Crippen LogP contribution in [-0.2, 0) is 9.84 Å². The lowest BCUT2D eigenvalue weighted by Crippen LogP contribution is -2.08. The molecule has 0 bridgehead atoms. The van der Waals surface area contributed by atoms with Crippen molar-refractivity contribution in [3.63, 3.8) is 0 Å². The van der Waals surface area contributed by atoms with Gasteiger partial charge in [-0.3, -0.25) is 0 Å². The summed E-state index contributed by atoms with van der Waals surface area (Å²) in [6.07, 6.45) is 1.19. The molecule has 5 heteroatoms. The molecule has 4 nitrogen and oxygen atoms in total. The fourth-order valence-corrected chi connectivity index (χ4v) is 2.21. The average molecular weight is 214 g/mol. The van der Waals surface area contributed by atoms with E-state index in [0.29, 0.717) is 16.3 Å². The van der Waals surface area contributed by atoms with Crippen LogP contribution in [0.4, 0.5) is 0 Å². The zero-order valence-electron chi connectivity index (χ0n) is 8.77. The van der Waals surface area contributed by atoms with Crippen molar-refractivity contribution in [2.75, 3.05) is 6.26 Å². The molecule has 0 radical (unpaired) electrons. The molecule has 78 valence electrons. The zero-order chi connectivity index (χ0) is 10.9. The van der Waals surface area contributed by atoms with E-state index >= 15 is 0 Å². The van der Waals surface area contributed by atoms with E-state index in [1.165, 1.54) is 6.26 Å². The van der Waals surface area contributed by atoms with E-state index < -0.39 is 9.84 Å². The summed E-state index contributed by atoms with van der Waals surface area (Å²) in [5, 5.41) is 7.78. The molecule has 1 heterocycles. The van der Waals surface area contributed by atoms with Gasteiger partial charge in [-0.2, -0.15) is 10.2 Å². The fourth-order valence-electron chi connectivity index (χ4n) is 1.17. The van der Waals surface area contributed by atoms with Crippen molar-refractivity contribution in [3.05, 3.63) is 17.5 Å². The molecule has 0 aromatic carbocycles. The largest absolute Gasteiger partial charge is 0.224 e. The Morgan fingerprint density at radius 1 is 1.29 bits per heavy atom. The fraction of sp³-hybridized carbons (Fsp3) is 0.556. The molecule has 1 aromatic heterocycles. The maximum Gasteiger partial charge on any atom is 0.177 e. The molecule has 0 spiro atoms. The molecule has 0 aliphatic carbocycles. The third-order valence-electron chi connectivity index (χ3n) is 1.85. The Hall–Kier alpha value is -0.970. The molecular formula is C9H14N2O2S. The number of hydrogen-bond acceptors (Lipinski definition) is 4. The highest BCUT2D eigenvalue weighted by atomic mass is 32.2. The van der Waals surface area contributed by atoms with Crippen LogP contribution in [0, 0.1) is 6.92 Å². The lowest BCUT2D eigenvalue weighted by molar-refractivity contribution is 0.596. The second-order valence-corrected chi connectivity index (χ2v) is 5.65. The number of hydrogen-bond donors (Lipinski definition) is 0. The standard InChI is InChI=1S/C9H14N2O2S/c1-6(2)9-8(14(4,12)13)5-7(3)10-11-9/h5-6H,1-4H3. The second kappa shape index (κ2) is 3.65. The number of aromatic nitrogens is 2. The summed E-state index contributed by atoms with van der Waals surface area (Å²) in [6, 6.07) is 1.57. The van der Waals surface area contributed by atoms with E-state index in [0.717, 1.165) is 0 Å². The lowest BCUT2D eigenvalue weighted by atomic mass is 10.1. The monoisotopic (exact) mass is 214 g/mol. The number of sulfone groups is 1. The van der Waals surface area contributed by atoms with Crippen molar-refractivity contribution in [1.82, 2.24) is 10.2 Å². The smallest absolute Gasteiger partial charge is 0.177 e. The highest BCUT2D eigenvalue weighted by molar-refractivity contribution is 7.90. The van der Waals surface area contributed by atoms with Gasteiger partial charge in [0.1, 0.15) is 0 Å². The second-order valence-electron chi connectivity index (χ2n) is 3.66. The molecule has 1 aromatic rings. The van der Waals surface area contributed by atoms with E-state index in [1.807, 2.05) is 13.8 Å². The van der Waals surface area contributed by atoms with Crippen LogP contribution in [0.1, 0.15) is 31.2 Å². The average Bonchev–Trinajstić information content (AvgIpc) is 2.01. The quantitative estimate of drug-likeness (QED) is 0.744. The summed E-state index contributed by atoms with van der Waals surface area (Å²) < 4.78 is 22.9. The van der Waals surface area contributed by atoms with Crippen molar-refractivity contribution in [2.24, 2.45) is 0 Å². The first kappa shape index (κ1) is 11.1. The van der Waals surface area contributed by atoms with Gasteiger partial charge in [0.05, 0.1) is 16.3 Å². The summed E-state index contributed by atoms with van der Waals surface area (Å²) in [6.45, 7) is 5.52. The molecule has 1 rings (SSSR count). The molecule has 14 heavy (non-hydrogen) atoms. The topological polar surface area (TPSA) is 59.9 Å². The van der Waals surface area contributed by atoms with E-state index in [4.69, 9.17) is 0 Å². The van der Waals surface area contributed by atoms with Crippen LogP contribution in [0.25, 0.3) is 0 Å². The Balaban J connectivity index is 3.46. The van der Waals surface area contributed by atoms with Crippen molar-refractivity contribution in [3.8, 4) is 0 Å². The highest BCUT2D eigenvalue weighted by Crippen LogP contribution is 2.20. The highest BCUT2D eigenvalue weighted by Gasteiger charge is 2.17. The third kappa shape index (κ3) is 2.29. The molecule has 0 amide bonds. The number of aryl methyl sites for hydroxylation is 1. The van der Waals surface area contributed by atoms with Crippen LogP contribution >= 0.6 is 0 Å². The molecule has 0 saturated carbocycles. The molecular weight excluding hydrogens is 200 g/mol. The van der Waals surface area contributed by atoms with Crippen molar-refractivity contribution < 1.29 is 8.42 Å². The Morgan fingerprint density at radius 2 is 1.86 bits per heavy atom. The predicted molar refractivity (Wildman–Crippen MR) is 54.0 cm³/mol. The molecule has 0 fully saturated rings. The lowest BCUT2D eigenvalue weighted by Gasteiger charge is -2.09. The SMILES string of the molecule is Cc1cc(S(C)(=O)=O)c(C(C)C)nn1. The van der Waals surface area contributed by atoms with Crippen LogP contribution in [0.2, 0.25) is 0 Å². The zero-order valence-corrected chi connectivity index (χ0v) is 9.59. The normalized spacial score (nSPS) is 12.1. The van der Waals surface area contributed by atoms with Gasteiger partial charge in [0.15, 0.2) is 9.84 Å².